The number of aryl methyl sites for hydroxylation is 1. The predicted molar refractivity (Wildman–Crippen MR) is 123 cm³/mol. The summed E-state index contributed by atoms with van der Waals surface area (Å²) in [4.78, 5) is 25.0. The molecule has 0 aliphatic rings. The predicted octanol–water partition coefficient (Wildman–Crippen LogP) is 7.91. The summed E-state index contributed by atoms with van der Waals surface area (Å²) >= 11 is 19.2. The Morgan fingerprint density at radius 2 is 1.70 bits per heavy atom. The Morgan fingerprint density at radius 3 is 2.37 bits per heavy atom. The summed E-state index contributed by atoms with van der Waals surface area (Å²) in [7, 11) is 0. The van der Waals surface area contributed by atoms with Gasteiger partial charge < -0.3 is 0 Å². The van der Waals surface area contributed by atoms with E-state index in [0.717, 1.165) is 10.5 Å². The molecule has 0 amide bonds. The molecule has 0 N–H and O–H groups in total. The topological polar surface area (TPSA) is 60.2 Å². The average Bonchev–Trinajstić information content (AvgIpc) is 2.72. The Morgan fingerprint density at radius 1 is 1.00 bits per heavy atom. The van der Waals surface area contributed by atoms with Gasteiger partial charge >= 0.3 is 0 Å². The summed E-state index contributed by atoms with van der Waals surface area (Å²) in [6.45, 7) is 1.98. The Hall–Kier alpha value is -2.31. The van der Waals surface area contributed by atoms with Crippen molar-refractivity contribution in [2.75, 3.05) is 0 Å². The van der Waals surface area contributed by atoms with Gasteiger partial charge in [0.05, 0.1) is 24.9 Å². The van der Waals surface area contributed by atoms with E-state index in [1.165, 1.54) is 42.1 Å². The summed E-state index contributed by atoms with van der Waals surface area (Å²) in [5.41, 5.74) is 1.78. The third-order valence-electron chi connectivity index (χ3n) is 4.16. The van der Waals surface area contributed by atoms with Gasteiger partial charge in [-0.1, -0.05) is 76.4 Å². The maximum absolute atomic E-state index is 12.4. The van der Waals surface area contributed by atoms with E-state index in [2.05, 4.69) is 0 Å². The highest BCUT2D eigenvalue weighted by Gasteiger charge is 2.16. The normalized spacial score (nSPS) is 11.1. The molecule has 0 heterocycles. The van der Waals surface area contributed by atoms with Crippen LogP contribution in [0, 0.1) is 17.0 Å². The average molecular weight is 479 g/mol. The highest BCUT2D eigenvalue weighted by atomic mass is 35.5. The number of carbonyl (C=O) groups excluding carboxylic acids is 1. The Kier molecular flexibility index (Phi) is 7.21. The zero-order chi connectivity index (χ0) is 21.8. The van der Waals surface area contributed by atoms with Crippen molar-refractivity contribution < 1.29 is 9.72 Å². The fourth-order valence-electron chi connectivity index (χ4n) is 2.58. The first-order chi connectivity index (χ1) is 14.3. The van der Waals surface area contributed by atoms with Crippen molar-refractivity contribution in [3.05, 3.63) is 103 Å². The van der Waals surface area contributed by atoms with Crippen LogP contribution in [0.3, 0.4) is 0 Å². The number of nitro groups is 1. The molecule has 0 aliphatic carbocycles. The maximum Gasteiger partial charge on any atom is 0.283 e. The fraction of sp³-hybridized carbons (Fsp3) is 0.0455. The van der Waals surface area contributed by atoms with E-state index in [-0.39, 0.29) is 32.1 Å². The van der Waals surface area contributed by atoms with Crippen LogP contribution < -0.4 is 0 Å². The van der Waals surface area contributed by atoms with E-state index in [4.69, 9.17) is 34.8 Å². The number of benzene rings is 3. The van der Waals surface area contributed by atoms with Crippen molar-refractivity contribution >= 4 is 64.1 Å². The number of allylic oxidation sites excluding steroid dienone is 1. The monoisotopic (exact) mass is 477 g/mol. The van der Waals surface area contributed by atoms with Gasteiger partial charge in [0.2, 0.25) is 0 Å². The van der Waals surface area contributed by atoms with Crippen molar-refractivity contribution in [2.24, 2.45) is 0 Å². The van der Waals surface area contributed by atoms with E-state index in [9.17, 15) is 14.9 Å². The molecule has 3 aromatic carbocycles. The minimum absolute atomic E-state index is 0.0391. The zero-order valence-corrected chi connectivity index (χ0v) is 18.6. The van der Waals surface area contributed by atoms with Crippen LogP contribution in [0.2, 0.25) is 15.1 Å². The maximum atomic E-state index is 12.4. The molecule has 0 aliphatic heterocycles. The van der Waals surface area contributed by atoms with E-state index >= 15 is 0 Å². The van der Waals surface area contributed by atoms with Crippen LogP contribution in [0.1, 0.15) is 21.5 Å². The molecule has 3 rings (SSSR count). The molecule has 3 aromatic rings. The molecule has 0 saturated heterocycles. The summed E-state index contributed by atoms with van der Waals surface area (Å²) < 4.78 is 0. The lowest BCUT2D eigenvalue weighted by molar-refractivity contribution is -0.387. The van der Waals surface area contributed by atoms with Gasteiger partial charge in [-0.2, -0.15) is 0 Å². The summed E-state index contributed by atoms with van der Waals surface area (Å²) in [6, 6.07) is 15.5. The third kappa shape index (κ3) is 5.24. The lowest BCUT2D eigenvalue weighted by Crippen LogP contribution is -1.96. The molecule has 0 bridgehead atoms. The zero-order valence-electron chi connectivity index (χ0n) is 15.6. The first kappa shape index (κ1) is 22.4. The molecule has 8 heteroatoms. The minimum atomic E-state index is -0.439. The first-order valence-corrected chi connectivity index (χ1v) is 10.6. The number of nitro benzene ring substituents is 1. The molecule has 0 spiro atoms. The highest BCUT2D eigenvalue weighted by Crippen LogP contribution is 2.36. The summed E-state index contributed by atoms with van der Waals surface area (Å²) in [5.74, 6) is -0.390. The Balaban J connectivity index is 1.85. The molecule has 152 valence electrons. The lowest BCUT2D eigenvalue weighted by atomic mass is 10.1. The number of carbonyl (C=O) groups is 1. The number of nitrogens with zero attached hydrogens (tertiary/aromatic N) is 1. The molecule has 0 aromatic heterocycles. The van der Waals surface area contributed by atoms with Crippen molar-refractivity contribution in [1.29, 1.82) is 0 Å². The largest absolute Gasteiger partial charge is 0.289 e. The SMILES string of the molecule is Cc1ccc(Sc2ccc(/C=C/C(=O)c3ccc(Cl)c(Cl)c3Cl)cc2[N+](=O)[O-])cc1. The number of rotatable bonds is 6. The molecular formula is C22H14Cl3NO3S. The van der Waals surface area contributed by atoms with Crippen molar-refractivity contribution in [3.63, 3.8) is 0 Å². The molecular weight excluding hydrogens is 465 g/mol. The van der Waals surface area contributed by atoms with Crippen molar-refractivity contribution in [2.45, 2.75) is 16.7 Å². The molecule has 0 saturated carbocycles. The van der Waals surface area contributed by atoms with Crippen LogP contribution in [-0.2, 0) is 0 Å². The number of ketones is 1. The van der Waals surface area contributed by atoms with Gasteiger partial charge in [-0.25, -0.2) is 0 Å². The standard InChI is InChI=1S/C22H14Cl3NO3S/c1-13-2-6-15(7-3-13)30-20-11-5-14(12-18(20)26(28)29)4-10-19(27)16-8-9-17(23)22(25)21(16)24/h2-12H,1H3/b10-4+. The van der Waals surface area contributed by atoms with Crippen LogP contribution in [0.15, 0.2) is 70.5 Å². The molecule has 30 heavy (non-hydrogen) atoms. The van der Waals surface area contributed by atoms with E-state index in [1.807, 2.05) is 31.2 Å². The quantitative estimate of drug-likeness (QED) is 0.119. The van der Waals surface area contributed by atoms with Gasteiger partial charge in [0.25, 0.3) is 5.69 Å². The van der Waals surface area contributed by atoms with Gasteiger partial charge in [-0.3, -0.25) is 14.9 Å². The second kappa shape index (κ2) is 9.67. The lowest BCUT2D eigenvalue weighted by Gasteiger charge is -2.05. The van der Waals surface area contributed by atoms with Gasteiger partial charge in [0.1, 0.15) is 0 Å². The molecule has 0 atom stereocenters. The van der Waals surface area contributed by atoms with Crippen LogP contribution >= 0.6 is 46.6 Å². The van der Waals surface area contributed by atoms with E-state index in [0.29, 0.717) is 10.5 Å². The molecule has 0 radical (unpaired) electrons. The number of hydrogen-bond acceptors (Lipinski definition) is 4. The summed E-state index contributed by atoms with van der Waals surface area (Å²) in [5, 5.41) is 12.0. The second-order valence-electron chi connectivity index (χ2n) is 6.32. The molecule has 4 nitrogen and oxygen atoms in total. The van der Waals surface area contributed by atoms with Gasteiger partial charge in [0, 0.05) is 16.5 Å². The van der Waals surface area contributed by atoms with Gasteiger partial charge in [0.15, 0.2) is 5.78 Å². The fourth-order valence-corrected chi connectivity index (χ4v) is 4.11. The van der Waals surface area contributed by atoms with Crippen LogP contribution in [0.25, 0.3) is 6.08 Å². The Bertz CT molecular complexity index is 1160. The third-order valence-corrected chi connectivity index (χ3v) is 6.52. The minimum Gasteiger partial charge on any atom is -0.289 e. The second-order valence-corrected chi connectivity index (χ2v) is 8.60. The van der Waals surface area contributed by atoms with E-state index in [1.54, 1.807) is 12.1 Å². The van der Waals surface area contributed by atoms with Crippen molar-refractivity contribution in [1.82, 2.24) is 0 Å². The Labute approximate surface area is 192 Å². The van der Waals surface area contributed by atoms with E-state index < -0.39 is 4.92 Å². The van der Waals surface area contributed by atoms with Crippen LogP contribution in [0.5, 0.6) is 0 Å². The number of hydrogen-bond donors (Lipinski definition) is 0. The smallest absolute Gasteiger partial charge is 0.283 e. The van der Waals surface area contributed by atoms with Gasteiger partial charge in [-0.05, 0) is 48.9 Å². The van der Waals surface area contributed by atoms with Gasteiger partial charge in [-0.15, -0.1) is 0 Å². The van der Waals surface area contributed by atoms with Crippen LogP contribution in [-0.4, -0.2) is 10.7 Å². The number of halogens is 3. The first-order valence-electron chi connectivity index (χ1n) is 8.65. The molecule has 0 fully saturated rings. The van der Waals surface area contributed by atoms with Crippen molar-refractivity contribution in [3.8, 4) is 0 Å². The highest BCUT2D eigenvalue weighted by molar-refractivity contribution is 7.99. The summed E-state index contributed by atoms with van der Waals surface area (Å²) in [6.07, 6.45) is 2.78. The molecule has 0 unspecified atom stereocenters. The van der Waals surface area contributed by atoms with Crippen LogP contribution in [0.4, 0.5) is 5.69 Å².